The van der Waals surface area contributed by atoms with Crippen molar-refractivity contribution < 1.29 is 9.18 Å². The molecule has 0 saturated heterocycles. The molecule has 0 aliphatic rings. The summed E-state index contributed by atoms with van der Waals surface area (Å²) in [7, 11) is 0. The summed E-state index contributed by atoms with van der Waals surface area (Å²) in [6, 6.07) is 12.8. The van der Waals surface area contributed by atoms with Crippen LogP contribution in [0.1, 0.15) is 15.9 Å². The van der Waals surface area contributed by atoms with E-state index in [1.54, 1.807) is 30.6 Å². The standard InChI is InChI=1S/C17H14FN5O/c18-14-4-2-1-3-13(14)17(24)21-16-6-5-15(22-23-16)20-11-12-7-9-19-10-8-12/h1-10H,11H2,(H,20,22)(H,21,23,24). The molecule has 0 aliphatic carbocycles. The Morgan fingerprint density at radius 1 is 0.958 bits per heavy atom. The Bertz CT molecular complexity index is 824. The third-order valence-electron chi connectivity index (χ3n) is 3.25. The van der Waals surface area contributed by atoms with Gasteiger partial charge in [0.1, 0.15) is 11.6 Å². The summed E-state index contributed by atoms with van der Waals surface area (Å²) in [5, 5.41) is 13.5. The highest BCUT2D eigenvalue weighted by Crippen LogP contribution is 2.11. The van der Waals surface area contributed by atoms with Crippen molar-refractivity contribution in [2.24, 2.45) is 0 Å². The average molecular weight is 323 g/mol. The molecule has 120 valence electrons. The number of nitrogens with one attached hydrogen (secondary N) is 2. The van der Waals surface area contributed by atoms with Crippen LogP contribution in [-0.4, -0.2) is 21.1 Å². The zero-order valence-corrected chi connectivity index (χ0v) is 12.6. The topological polar surface area (TPSA) is 79.8 Å². The number of halogens is 1. The van der Waals surface area contributed by atoms with Crippen LogP contribution in [0.25, 0.3) is 0 Å². The van der Waals surface area contributed by atoms with Gasteiger partial charge in [0.15, 0.2) is 5.82 Å². The molecule has 7 heteroatoms. The minimum atomic E-state index is -0.585. The second-order valence-electron chi connectivity index (χ2n) is 4.95. The van der Waals surface area contributed by atoms with Crippen molar-refractivity contribution in [2.45, 2.75) is 6.54 Å². The molecule has 0 fully saturated rings. The lowest BCUT2D eigenvalue weighted by molar-refractivity contribution is 0.102. The first kappa shape index (κ1) is 15.5. The number of benzene rings is 1. The summed E-state index contributed by atoms with van der Waals surface area (Å²) >= 11 is 0. The molecule has 0 radical (unpaired) electrons. The van der Waals surface area contributed by atoms with Crippen LogP contribution in [0.15, 0.2) is 60.9 Å². The van der Waals surface area contributed by atoms with E-state index in [2.05, 4.69) is 25.8 Å². The van der Waals surface area contributed by atoms with Gasteiger partial charge in [-0.25, -0.2) is 4.39 Å². The molecule has 2 heterocycles. The molecule has 0 saturated carbocycles. The van der Waals surface area contributed by atoms with Crippen molar-refractivity contribution in [2.75, 3.05) is 10.6 Å². The molecule has 3 aromatic rings. The van der Waals surface area contributed by atoms with E-state index in [0.29, 0.717) is 12.4 Å². The van der Waals surface area contributed by atoms with Crippen LogP contribution in [-0.2, 0) is 6.54 Å². The molecule has 24 heavy (non-hydrogen) atoms. The highest BCUT2D eigenvalue weighted by atomic mass is 19.1. The lowest BCUT2D eigenvalue weighted by Crippen LogP contribution is -2.15. The largest absolute Gasteiger partial charge is 0.365 e. The first-order valence-corrected chi connectivity index (χ1v) is 7.25. The summed E-state index contributed by atoms with van der Waals surface area (Å²) in [6.07, 6.45) is 3.42. The smallest absolute Gasteiger partial charge is 0.259 e. The van der Waals surface area contributed by atoms with Crippen LogP contribution >= 0.6 is 0 Å². The number of amides is 1. The number of aromatic nitrogens is 3. The minimum Gasteiger partial charge on any atom is -0.365 e. The first-order chi connectivity index (χ1) is 11.7. The van der Waals surface area contributed by atoms with Gasteiger partial charge in [-0.05, 0) is 42.0 Å². The number of hydrogen-bond acceptors (Lipinski definition) is 5. The van der Waals surface area contributed by atoms with E-state index in [1.807, 2.05) is 12.1 Å². The molecule has 1 aromatic carbocycles. The number of pyridine rings is 1. The van der Waals surface area contributed by atoms with E-state index in [0.717, 1.165) is 5.56 Å². The maximum Gasteiger partial charge on any atom is 0.259 e. The quantitative estimate of drug-likeness (QED) is 0.755. The molecule has 2 N–H and O–H groups in total. The molecule has 0 bridgehead atoms. The Kier molecular flexibility index (Phi) is 4.71. The van der Waals surface area contributed by atoms with E-state index in [1.165, 1.54) is 18.2 Å². The fourth-order valence-corrected chi connectivity index (χ4v) is 2.02. The van der Waals surface area contributed by atoms with Crippen LogP contribution in [0.4, 0.5) is 16.0 Å². The first-order valence-electron chi connectivity index (χ1n) is 7.25. The third-order valence-corrected chi connectivity index (χ3v) is 3.25. The number of carbonyl (C=O) groups is 1. The molecule has 0 unspecified atom stereocenters. The van der Waals surface area contributed by atoms with Gasteiger partial charge in [-0.2, -0.15) is 0 Å². The van der Waals surface area contributed by atoms with E-state index in [-0.39, 0.29) is 11.4 Å². The Morgan fingerprint density at radius 3 is 2.38 bits per heavy atom. The number of anilines is 2. The van der Waals surface area contributed by atoms with Crippen LogP contribution in [0.2, 0.25) is 0 Å². The number of carbonyl (C=O) groups excluding carboxylic acids is 1. The molecule has 3 rings (SSSR count). The van der Waals surface area contributed by atoms with Crippen LogP contribution in [0, 0.1) is 5.82 Å². The van der Waals surface area contributed by atoms with Gasteiger partial charge in [-0.1, -0.05) is 12.1 Å². The van der Waals surface area contributed by atoms with Crippen LogP contribution in [0.5, 0.6) is 0 Å². The highest BCUT2D eigenvalue weighted by molar-refractivity contribution is 6.03. The monoisotopic (exact) mass is 323 g/mol. The Balaban J connectivity index is 1.60. The van der Waals surface area contributed by atoms with Gasteiger partial charge < -0.3 is 10.6 Å². The zero-order valence-electron chi connectivity index (χ0n) is 12.6. The minimum absolute atomic E-state index is 0.0424. The van der Waals surface area contributed by atoms with Crippen molar-refractivity contribution in [3.8, 4) is 0 Å². The van der Waals surface area contributed by atoms with Gasteiger partial charge in [-0.3, -0.25) is 9.78 Å². The summed E-state index contributed by atoms with van der Waals surface area (Å²) in [4.78, 5) is 15.9. The number of nitrogens with zero attached hydrogens (tertiary/aromatic N) is 3. The third kappa shape index (κ3) is 3.89. The number of rotatable bonds is 5. The molecule has 6 nitrogen and oxygen atoms in total. The molecule has 0 spiro atoms. The van der Waals surface area contributed by atoms with Gasteiger partial charge in [0.25, 0.3) is 5.91 Å². The summed E-state index contributed by atoms with van der Waals surface area (Å²) in [5.74, 6) is -0.341. The average Bonchev–Trinajstić information content (AvgIpc) is 2.62. The summed E-state index contributed by atoms with van der Waals surface area (Å²) in [5.41, 5.74) is 1.02. The van der Waals surface area contributed by atoms with E-state index in [4.69, 9.17) is 0 Å². The maximum atomic E-state index is 13.6. The number of hydrogen-bond donors (Lipinski definition) is 2. The molecule has 0 aliphatic heterocycles. The van der Waals surface area contributed by atoms with Crippen LogP contribution < -0.4 is 10.6 Å². The van der Waals surface area contributed by atoms with Gasteiger partial charge in [-0.15, -0.1) is 10.2 Å². The Morgan fingerprint density at radius 2 is 1.67 bits per heavy atom. The molecule has 1 amide bonds. The van der Waals surface area contributed by atoms with Gasteiger partial charge in [0, 0.05) is 18.9 Å². The van der Waals surface area contributed by atoms with Crippen molar-refractivity contribution in [1.29, 1.82) is 0 Å². The van der Waals surface area contributed by atoms with Crippen molar-refractivity contribution in [3.63, 3.8) is 0 Å². The van der Waals surface area contributed by atoms with Crippen molar-refractivity contribution in [1.82, 2.24) is 15.2 Å². The summed E-state index contributed by atoms with van der Waals surface area (Å²) in [6.45, 7) is 0.581. The molecular weight excluding hydrogens is 309 g/mol. The molecule has 0 atom stereocenters. The predicted molar refractivity (Wildman–Crippen MR) is 87.9 cm³/mol. The summed E-state index contributed by atoms with van der Waals surface area (Å²) < 4.78 is 13.6. The van der Waals surface area contributed by atoms with E-state index in [9.17, 15) is 9.18 Å². The van der Waals surface area contributed by atoms with Gasteiger partial charge in [0.2, 0.25) is 0 Å². The van der Waals surface area contributed by atoms with E-state index >= 15 is 0 Å². The van der Waals surface area contributed by atoms with Gasteiger partial charge in [0.05, 0.1) is 5.56 Å². The second-order valence-corrected chi connectivity index (χ2v) is 4.95. The van der Waals surface area contributed by atoms with Crippen LogP contribution in [0.3, 0.4) is 0 Å². The normalized spacial score (nSPS) is 10.2. The second kappa shape index (κ2) is 7.28. The Hall–Kier alpha value is -3.35. The molecular formula is C17H14FN5O. The highest BCUT2D eigenvalue weighted by Gasteiger charge is 2.11. The van der Waals surface area contributed by atoms with Gasteiger partial charge >= 0.3 is 0 Å². The van der Waals surface area contributed by atoms with Crippen molar-refractivity contribution >= 4 is 17.5 Å². The molecule has 2 aromatic heterocycles. The van der Waals surface area contributed by atoms with Crippen molar-refractivity contribution in [3.05, 3.63) is 77.9 Å². The Labute approximate surface area is 137 Å². The lowest BCUT2D eigenvalue weighted by atomic mass is 10.2. The SMILES string of the molecule is O=C(Nc1ccc(NCc2ccncc2)nn1)c1ccccc1F. The lowest BCUT2D eigenvalue weighted by Gasteiger charge is -2.07. The fourth-order valence-electron chi connectivity index (χ4n) is 2.02. The van der Waals surface area contributed by atoms with E-state index < -0.39 is 11.7 Å². The fraction of sp³-hybridized carbons (Fsp3) is 0.0588. The zero-order chi connectivity index (χ0) is 16.8. The maximum absolute atomic E-state index is 13.6. The predicted octanol–water partition coefficient (Wildman–Crippen LogP) is 2.88.